The highest BCUT2D eigenvalue weighted by atomic mass is 35.5. The molecule has 4 nitrogen and oxygen atoms in total. The van der Waals surface area contributed by atoms with Crippen LogP contribution in [-0.2, 0) is 9.59 Å². The number of halogens is 1. The molecule has 0 saturated heterocycles. The zero-order valence-electron chi connectivity index (χ0n) is 14.6. The summed E-state index contributed by atoms with van der Waals surface area (Å²) in [5, 5.41) is 0.596. The van der Waals surface area contributed by atoms with Crippen LogP contribution in [0.15, 0.2) is 48.5 Å². The van der Waals surface area contributed by atoms with E-state index in [4.69, 9.17) is 11.6 Å². The van der Waals surface area contributed by atoms with E-state index in [0.717, 1.165) is 16.9 Å². The van der Waals surface area contributed by atoms with Crippen LogP contribution in [0.3, 0.4) is 0 Å². The van der Waals surface area contributed by atoms with E-state index in [-0.39, 0.29) is 23.9 Å². The van der Waals surface area contributed by atoms with Gasteiger partial charge in [-0.15, -0.1) is 0 Å². The maximum Gasteiger partial charge on any atom is 0.224 e. The second-order valence-corrected chi connectivity index (χ2v) is 6.85. The fraction of sp³-hybridized carbons (Fsp3) is 0.300. The predicted octanol–water partition coefficient (Wildman–Crippen LogP) is 4.58. The second kappa shape index (κ2) is 6.89. The average Bonchev–Trinajstić information content (AvgIpc) is 2.55. The minimum absolute atomic E-state index is 0.0105. The van der Waals surface area contributed by atoms with Gasteiger partial charge in [0, 0.05) is 41.9 Å². The van der Waals surface area contributed by atoms with Gasteiger partial charge in [0.05, 0.1) is 6.04 Å². The van der Waals surface area contributed by atoms with Crippen LogP contribution >= 0.6 is 11.6 Å². The van der Waals surface area contributed by atoms with Gasteiger partial charge in [0.25, 0.3) is 0 Å². The number of hydrogen-bond acceptors (Lipinski definition) is 2. The Kier molecular flexibility index (Phi) is 4.82. The van der Waals surface area contributed by atoms with E-state index in [0.29, 0.717) is 11.4 Å². The number of amides is 2. The molecule has 1 heterocycles. The van der Waals surface area contributed by atoms with E-state index < -0.39 is 0 Å². The predicted molar refractivity (Wildman–Crippen MR) is 101 cm³/mol. The van der Waals surface area contributed by atoms with E-state index in [1.165, 1.54) is 0 Å². The zero-order valence-corrected chi connectivity index (χ0v) is 15.3. The second-order valence-electron chi connectivity index (χ2n) is 6.42. The number of carbonyl (C=O) groups is 2. The summed E-state index contributed by atoms with van der Waals surface area (Å²) >= 11 is 6.23. The van der Waals surface area contributed by atoms with Crippen molar-refractivity contribution in [1.29, 1.82) is 0 Å². The molecular formula is C20H21ClN2O2. The van der Waals surface area contributed by atoms with Crippen LogP contribution in [0.25, 0.3) is 0 Å². The number of benzene rings is 2. The minimum atomic E-state index is -0.167. The van der Waals surface area contributed by atoms with Gasteiger partial charge in [-0.1, -0.05) is 29.8 Å². The molecule has 1 aliphatic rings. The van der Waals surface area contributed by atoms with E-state index in [1.54, 1.807) is 29.7 Å². The van der Waals surface area contributed by atoms with Crippen LogP contribution < -0.4 is 9.80 Å². The Morgan fingerprint density at radius 3 is 2.40 bits per heavy atom. The Balaban J connectivity index is 2.15. The Morgan fingerprint density at radius 2 is 1.80 bits per heavy atom. The summed E-state index contributed by atoms with van der Waals surface area (Å²) in [6.07, 6.45) is 0.654. The summed E-state index contributed by atoms with van der Waals surface area (Å²) in [6, 6.07) is 14.9. The lowest BCUT2D eigenvalue weighted by molar-refractivity contribution is -0.117. The molecule has 0 aliphatic carbocycles. The molecule has 0 bridgehead atoms. The lowest BCUT2D eigenvalue weighted by Gasteiger charge is -2.43. The number of carbonyl (C=O) groups excluding carboxylic acids is 2. The highest BCUT2D eigenvalue weighted by Crippen LogP contribution is 2.43. The third kappa shape index (κ3) is 3.27. The fourth-order valence-electron chi connectivity index (χ4n) is 3.70. The summed E-state index contributed by atoms with van der Waals surface area (Å²) in [5.74, 6) is -0.0470. The highest BCUT2D eigenvalue weighted by Gasteiger charge is 2.37. The van der Waals surface area contributed by atoms with Crippen LogP contribution in [0.2, 0.25) is 5.02 Å². The van der Waals surface area contributed by atoms with Gasteiger partial charge in [-0.05, 0) is 43.7 Å². The number of fused-ring (bicyclic) bond motifs is 1. The smallest absolute Gasteiger partial charge is 0.224 e. The van der Waals surface area contributed by atoms with Crippen LogP contribution in [-0.4, -0.2) is 17.9 Å². The summed E-state index contributed by atoms with van der Waals surface area (Å²) in [6.45, 7) is 5.14. The molecular weight excluding hydrogens is 336 g/mol. The van der Waals surface area contributed by atoms with Crippen molar-refractivity contribution in [3.8, 4) is 0 Å². The first-order chi connectivity index (χ1) is 11.9. The Hall–Kier alpha value is -2.33. The van der Waals surface area contributed by atoms with Crippen molar-refractivity contribution < 1.29 is 9.59 Å². The number of anilines is 2. The lowest BCUT2D eigenvalue weighted by atomic mass is 9.90. The zero-order chi connectivity index (χ0) is 18.1. The standard InChI is InChI=1S/C20H21ClN2O2/c1-13-11-20(23(15(3)25)17-7-5-4-6-8-17)18-12-16(21)9-10-19(18)22(13)14(2)24/h4-10,12-13,20H,11H2,1-3H3. The molecule has 0 N–H and O–H groups in total. The third-order valence-electron chi connectivity index (χ3n) is 4.64. The van der Waals surface area contributed by atoms with Crippen LogP contribution in [0.4, 0.5) is 11.4 Å². The van der Waals surface area contributed by atoms with Crippen molar-refractivity contribution in [2.75, 3.05) is 9.80 Å². The molecule has 0 fully saturated rings. The number of nitrogens with zero attached hydrogens (tertiary/aromatic N) is 2. The first-order valence-corrected chi connectivity index (χ1v) is 8.72. The van der Waals surface area contributed by atoms with Crippen molar-refractivity contribution in [2.24, 2.45) is 0 Å². The van der Waals surface area contributed by atoms with Crippen LogP contribution in [0.1, 0.15) is 38.8 Å². The lowest BCUT2D eigenvalue weighted by Crippen LogP contribution is -2.46. The highest BCUT2D eigenvalue weighted by molar-refractivity contribution is 6.30. The van der Waals surface area contributed by atoms with Crippen molar-refractivity contribution in [3.63, 3.8) is 0 Å². The molecule has 2 aromatic rings. The Bertz CT molecular complexity index is 807. The molecule has 5 heteroatoms. The van der Waals surface area contributed by atoms with E-state index >= 15 is 0 Å². The quantitative estimate of drug-likeness (QED) is 0.790. The van der Waals surface area contributed by atoms with Gasteiger partial charge in [0.2, 0.25) is 11.8 Å². The normalized spacial score (nSPS) is 19.3. The van der Waals surface area contributed by atoms with Crippen molar-refractivity contribution in [2.45, 2.75) is 39.3 Å². The summed E-state index contributed by atoms with van der Waals surface area (Å²) in [7, 11) is 0. The van der Waals surface area contributed by atoms with Gasteiger partial charge < -0.3 is 9.80 Å². The SMILES string of the molecule is CC(=O)N1c2ccc(Cl)cc2C(N(C(C)=O)c2ccccc2)CC1C. The summed E-state index contributed by atoms with van der Waals surface area (Å²) in [5.41, 5.74) is 2.57. The van der Waals surface area contributed by atoms with Gasteiger partial charge in [0.1, 0.15) is 0 Å². The molecule has 2 amide bonds. The number of hydrogen-bond donors (Lipinski definition) is 0. The third-order valence-corrected chi connectivity index (χ3v) is 4.87. The van der Waals surface area contributed by atoms with Crippen molar-refractivity contribution in [3.05, 3.63) is 59.1 Å². The van der Waals surface area contributed by atoms with E-state index in [9.17, 15) is 9.59 Å². The number of para-hydroxylation sites is 1. The molecule has 130 valence electrons. The summed E-state index contributed by atoms with van der Waals surface area (Å²) in [4.78, 5) is 28.2. The fourth-order valence-corrected chi connectivity index (χ4v) is 3.88. The molecule has 0 radical (unpaired) electrons. The topological polar surface area (TPSA) is 40.6 Å². The van der Waals surface area contributed by atoms with E-state index in [2.05, 4.69) is 0 Å². The van der Waals surface area contributed by atoms with Gasteiger partial charge in [-0.2, -0.15) is 0 Å². The average molecular weight is 357 g/mol. The molecule has 0 spiro atoms. The number of rotatable bonds is 2. The minimum Gasteiger partial charge on any atom is -0.309 e. The molecule has 2 atom stereocenters. The van der Waals surface area contributed by atoms with Gasteiger partial charge >= 0.3 is 0 Å². The molecule has 1 aliphatic heterocycles. The first kappa shape index (κ1) is 17.5. The molecule has 0 aromatic heterocycles. The Labute approximate surface area is 153 Å². The van der Waals surface area contributed by atoms with Gasteiger partial charge in [0.15, 0.2) is 0 Å². The largest absolute Gasteiger partial charge is 0.309 e. The van der Waals surface area contributed by atoms with Crippen LogP contribution in [0.5, 0.6) is 0 Å². The van der Waals surface area contributed by atoms with Crippen molar-refractivity contribution in [1.82, 2.24) is 0 Å². The maximum absolute atomic E-state index is 12.5. The molecule has 2 aromatic carbocycles. The van der Waals surface area contributed by atoms with E-state index in [1.807, 2.05) is 49.4 Å². The molecule has 3 rings (SSSR count). The van der Waals surface area contributed by atoms with Crippen LogP contribution in [0, 0.1) is 0 Å². The summed E-state index contributed by atoms with van der Waals surface area (Å²) < 4.78 is 0. The van der Waals surface area contributed by atoms with Crippen molar-refractivity contribution >= 4 is 34.8 Å². The molecule has 25 heavy (non-hydrogen) atoms. The maximum atomic E-state index is 12.5. The van der Waals surface area contributed by atoms with Gasteiger partial charge in [-0.25, -0.2) is 0 Å². The monoisotopic (exact) mass is 356 g/mol. The Morgan fingerprint density at radius 1 is 1.12 bits per heavy atom. The van der Waals surface area contributed by atoms with Gasteiger partial charge in [-0.3, -0.25) is 9.59 Å². The molecule has 0 saturated carbocycles. The molecule has 2 unspecified atom stereocenters. The first-order valence-electron chi connectivity index (χ1n) is 8.34.